The average molecular weight is 227 g/mol. The molecule has 0 aliphatic carbocycles. The van der Waals surface area contributed by atoms with Crippen LogP contribution < -0.4 is 5.73 Å². The van der Waals surface area contributed by atoms with Crippen LogP contribution in [0.5, 0.6) is 0 Å². The SMILES string of the molecule is CCC(CC)(CN)N1CCCN(C)CC1C. The molecular formula is C13H29N3. The van der Waals surface area contributed by atoms with E-state index in [1.807, 2.05) is 0 Å². The van der Waals surface area contributed by atoms with Crippen molar-refractivity contribution < 1.29 is 0 Å². The van der Waals surface area contributed by atoms with Crippen molar-refractivity contribution >= 4 is 0 Å². The van der Waals surface area contributed by atoms with Gasteiger partial charge in [-0.1, -0.05) is 13.8 Å². The lowest BCUT2D eigenvalue weighted by Crippen LogP contribution is -2.57. The second-order valence-electron chi connectivity index (χ2n) is 5.29. The van der Waals surface area contributed by atoms with E-state index in [0.29, 0.717) is 6.04 Å². The van der Waals surface area contributed by atoms with Gasteiger partial charge in [-0.3, -0.25) is 4.90 Å². The first-order valence-electron chi connectivity index (χ1n) is 6.75. The molecule has 0 aromatic carbocycles. The first kappa shape index (κ1) is 13.9. The first-order valence-corrected chi connectivity index (χ1v) is 6.75. The van der Waals surface area contributed by atoms with Crippen molar-refractivity contribution in [3.05, 3.63) is 0 Å². The second kappa shape index (κ2) is 5.99. The van der Waals surface area contributed by atoms with Crippen LogP contribution in [0.15, 0.2) is 0 Å². The van der Waals surface area contributed by atoms with Gasteiger partial charge in [0.1, 0.15) is 0 Å². The van der Waals surface area contributed by atoms with Crippen LogP contribution in [0.25, 0.3) is 0 Å². The minimum Gasteiger partial charge on any atom is -0.329 e. The zero-order chi connectivity index (χ0) is 12.2. The summed E-state index contributed by atoms with van der Waals surface area (Å²) in [5.41, 5.74) is 6.28. The predicted molar refractivity (Wildman–Crippen MR) is 70.6 cm³/mol. The van der Waals surface area contributed by atoms with Gasteiger partial charge in [-0.25, -0.2) is 0 Å². The van der Waals surface area contributed by atoms with Crippen molar-refractivity contribution in [2.45, 2.75) is 51.6 Å². The van der Waals surface area contributed by atoms with E-state index in [4.69, 9.17) is 5.73 Å². The highest BCUT2D eigenvalue weighted by Gasteiger charge is 2.36. The van der Waals surface area contributed by atoms with Crippen molar-refractivity contribution in [2.24, 2.45) is 5.73 Å². The molecule has 3 nitrogen and oxygen atoms in total. The van der Waals surface area contributed by atoms with Gasteiger partial charge in [-0.05, 0) is 39.8 Å². The second-order valence-corrected chi connectivity index (χ2v) is 5.29. The van der Waals surface area contributed by atoms with Gasteiger partial charge >= 0.3 is 0 Å². The summed E-state index contributed by atoms with van der Waals surface area (Å²) >= 11 is 0. The summed E-state index contributed by atoms with van der Waals surface area (Å²) in [4.78, 5) is 5.10. The average Bonchev–Trinajstić information content (AvgIpc) is 2.44. The zero-order valence-electron chi connectivity index (χ0n) is 11.5. The third kappa shape index (κ3) is 2.76. The summed E-state index contributed by atoms with van der Waals surface area (Å²) < 4.78 is 0. The molecule has 1 unspecified atom stereocenters. The molecule has 1 aliphatic heterocycles. The Labute approximate surface area is 101 Å². The maximum Gasteiger partial charge on any atom is 0.0329 e. The quantitative estimate of drug-likeness (QED) is 0.790. The molecule has 1 aliphatic rings. The van der Waals surface area contributed by atoms with Gasteiger partial charge in [0.15, 0.2) is 0 Å². The predicted octanol–water partition coefficient (Wildman–Crippen LogP) is 1.53. The van der Waals surface area contributed by atoms with E-state index in [1.54, 1.807) is 0 Å². The summed E-state index contributed by atoms with van der Waals surface area (Å²) in [7, 11) is 2.22. The van der Waals surface area contributed by atoms with Crippen molar-refractivity contribution in [1.82, 2.24) is 9.80 Å². The first-order chi connectivity index (χ1) is 7.59. The molecule has 1 fully saturated rings. The monoisotopic (exact) mass is 227 g/mol. The number of rotatable bonds is 4. The molecule has 16 heavy (non-hydrogen) atoms. The fourth-order valence-corrected chi connectivity index (χ4v) is 3.14. The van der Waals surface area contributed by atoms with Gasteiger partial charge in [-0.15, -0.1) is 0 Å². The zero-order valence-corrected chi connectivity index (χ0v) is 11.5. The van der Waals surface area contributed by atoms with E-state index in [0.717, 1.165) is 19.4 Å². The van der Waals surface area contributed by atoms with E-state index in [-0.39, 0.29) is 5.54 Å². The molecule has 0 amide bonds. The molecule has 1 rings (SSSR count). The maximum atomic E-state index is 6.05. The van der Waals surface area contributed by atoms with E-state index in [9.17, 15) is 0 Å². The smallest absolute Gasteiger partial charge is 0.0329 e. The Morgan fingerprint density at radius 2 is 1.88 bits per heavy atom. The molecule has 1 saturated heterocycles. The Morgan fingerprint density at radius 1 is 1.25 bits per heavy atom. The summed E-state index contributed by atoms with van der Waals surface area (Å²) in [6.07, 6.45) is 3.59. The Bertz CT molecular complexity index is 193. The number of nitrogens with two attached hydrogens (primary N) is 1. The van der Waals surface area contributed by atoms with Crippen LogP contribution in [0.2, 0.25) is 0 Å². The molecular weight excluding hydrogens is 198 g/mol. The fraction of sp³-hybridized carbons (Fsp3) is 1.00. The minimum atomic E-state index is 0.227. The molecule has 96 valence electrons. The van der Waals surface area contributed by atoms with E-state index in [1.165, 1.54) is 26.1 Å². The summed E-state index contributed by atoms with van der Waals surface area (Å²) in [5, 5.41) is 0. The van der Waals surface area contributed by atoms with Crippen LogP contribution in [0.4, 0.5) is 0 Å². The van der Waals surface area contributed by atoms with Gasteiger partial charge in [0, 0.05) is 31.2 Å². The third-order valence-corrected chi connectivity index (χ3v) is 4.35. The lowest BCUT2D eigenvalue weighted by molar-refractivity contribution is 0.0495. The van der Waals surface area contributed by atoms with E-state index in [2.05, 4.69) is 37.6 Å². The lowest BCUT2D eigenvalue weighted by Gasteiger charge is -2.45. The summed E-state index contributed by atoms with van der Waals surface area (Å²) in [5.74, 6) is 0. The van der Waals surface area contributed by atoms with Crippen LogP contribution >= 0.6 is 0 Å². The van der Waals surface area contributed by atoms with Gasteiger partial charge in [0.25, 0.3) is 0 Å². The van der Waals surface area contributed by atoms with Gasteiger partial charge in [-0.2, -0.15) is 0 Å². The van der Waals surface area contributed by atoms with Gasteiger partial charge in [0.05, 0.1) is 0 Å². The Morgan fingerprint density at radius 3 is 2.38 bits per heavy atom. The molecule has 2 N–H and O–H groups in total. The van der Waals surface area contributed by atoms with Crippen LogP contribution in [-0.2, 0) is 0 Å². The molecule has 0 radical (unpaired) electrons. The number of hydrogen-bond donors (Lipinski definition) is 1. The number of nitrogens with zero attached hydrogens (tertiary/aromatic N) is 2. The molecule has 3 heteroatoms. The Balaban J connectivity index is 2.82. The van der Waals surface area contributed by atoms with Crippen molar-refractivity contribution in [1.29, 1.82) is 0 Å². The highest BCUT2D eigenvalue weighted by molar-refractivity contribution is 4.93. The Kier molecular flexibility index (Phi) is 5.22. The topological polar surface area (TPSA) is 32.5 Å². The highest BCUT2D eigenvalue weighted by Crippen LogP contribution is 2.27. The standard InChI is InChI=1S/C13H29N3/c1-5-13(6-2,11-14)16-9-7-8-15(4)10-12(16)3/h12H,5-11,14H2,1-4H3. The Hall–Kier alpha value is -0.120. The maximum absolute atomic E-state index is 6.05. The molecule has 0 saturated carbocycles. The largest absolute Gasteiger partial charge is 0.329 e. The van der Waals surface area contributed by atoms with Crippen LogP contribution in [0.3, 0.4) is 0 Å². The lowest BCUT2D eigenvalue weighted by atomic mass is 9.89. The van der Waals surface area contributed by atoms with Crippen molar-refractivity contribution in [3.63, 3.8) is 0 Å². The fourth-order valence-electron chi connectivity index (χ4n) is 3.14. The normalized spacial score (nSPS) is 25.7. The number of hydrogen-bond acceptors (Lipinski definition) is 3. The van der Waals surface area contributed by atoms with Crippen molar-refractivity contribution in [2.75, 3.05) is 33.2 Å². The van der Waals surface area contributed by atoms with Crippen LogP contribution in [0, 0.1) is 0 Å². The molecule has 1 atom stereocenters. The summed E-state index contributed by atoms with van der Waals surface area (Å²) in [6, 6.07) is 0.621. The molecule has 1 heterocycles. The molecule has 0 aromatic rings. The van der Waals surface area contributed by atoms with Crippen LogP contribution in [-0.4, -0.2) is 54.6 Å². The van der Waals surface area contributed by atoms with Crippen LogP contribution in [0.1, 0.15) is 40.0 Å². The third-order valence-electron chi connectivity index (χ3n) is 4.35. The van der Waals surface area contributed by atoms with Gasteiger partial charge < -0.3 is 10.6 Å². The summed E-state index contributed by atoms with van der Waals surface area (Å²) in [6.45, 7) is 11.3. The molecule has 0 bridgehead atoms. The molecule has 0 spiro atoms. The van der Waals surface area contributed by atoms with Gasteiger partial charge in [0.2, 0.25) is 0 Å². The number of likely N-dealkylation sites (N-methyl/N-ethyl adjacent to an activating group) is 1. The van der Waals surface area contributed by atoms with E-state index >= 15 is 0 Å². The highest BCUT2D eigenvalue weighted by atomic mass is 15.3. The van der Waals surface area contributed by atoms with Crippen molar-refractivity contribution in [3.8, 4) is 0 Å². The minimum absolute atomic E-state index is 0.227. The van der Waals surface area contributed by atoms with E-state index < -0.39 is 0 Å². The molecule has 0 aromatic heterocycles.